The van der Waals surface area contributed by atoms with E-state index < -0.39 is 0 Å². The summed E-state index contributed by atoms with van der Waals surface area (Å²) in [4.78, 5) is 16.8. The number of carbonyl (C=O) groups is 1. The van der Waals surface area contributed by atoms with E-state index in [0.717, 1.165) is 11.3 Å². The van der Waals surface area contributed by atoms with Crippen molar-refractivity contribution in [2.45, 2.75) is 12.8 Å². The van der Waals surface area contributed by atoms with Gasteiger partial charge in [-0.2, -0.15) is 0 Å². The summed E-state index contributed by atoms with van der Waals surface area (Å²) in [7, 11) is 1.61. The Kier molecular flexibility index (Phi) is 6.83. The summed E-state index contributed by atoms with van der Waals surface area (Å²) in [5.41, 5.74) is 2.74. The molecule has 1 amide bonds. The Balaban J connectivity index is 1.33. The van der Waals surface area contributed by atoms with Gasteiger partial charge in [0.25, 0.3) is 0 Å². The highest BCUT2D eigenvalue weighted by Gasteiger charge is 2.11. The Morgan fingerprint density at radius 3 is 2.78 bits per heavy atom. The number of fused-ring (bicyclic) bond motifs is 1. The van der Waals surface area contributed by atoms with Gasteiger partial charge >= 0.3 is 0 Å². The average Bonchev–Trinajstić information content (AvgIpc) is 3.21. The first-order chi connectivity index (χ1) is 15.5. The van der Waals surface area contributed by atoms with E-state index in [2.05, 4.69) is 10.3 Å². The fourth-order valence-corrected chi connectivity index (χ4v) is 3.58. The van der Waals surface area contributed by atoms with E-state index in [4.69, 9.17) is 37.1 Å². The molecule has 0 spiro atoms. The van der Waals surface area contributed by atoms with Gasteiger partial charge in [-0.25, -0.2) is 4.98 Å². The molecule has 0 aliphatic rings. The first kappa shape index (κ1) is 22.0. The molecule has 3 aromatic carbocycles. The van der Waals surface area contributed by atoms with Crippen LogP contribution in [0.2, 0.25) is 10.0 Å². The smallest absolute Gasteiger partial charge is 0.227 e. The molecule has 4 rings (SSSR count). The van der Waals surface area contributed by atoms with E-state index in [9.17, 15) is 4.79 Å². The fraction of sp³-hybridized carbons (Fsp3) is 0.167. The zero-order valence-corrected chi connectivity index (χ0v) is 18.7. The molecule has 4 aromatic rings. The molecule has 0 bridgehead atoms. The van der Waals surface area contributed by atoms with Gasteiger partial charge in [-0.1, -0.05) is 29.3 Å². The van der Waals surface area contributed by atoms with Gasteiger partial charge in [-0.15, -0.1) is 0 Å². The van der Waals surface area contributed by atoms with Crippen molar-refractivity contribution in [3.05, 3.63) is 70.7 Å². The summed E-state index contributed by atoms with van der Waals surface area (Å²) in [6.07, 6.45) is 0.837. The monoisotopic (exact) mass is 470 g/mol. The number of aromatic nitrogens is 1. The number of amides is 1. The molecule has 1 N–H and O–H groups in total. The molecule has 1 aromatic heterocycles. The molecule has 0 saturated carbocycles. The maximum Gasteiger partial charge on any atom is 0.227 e. The lowest BCUT2D eigenvalue weighted by molar-refractivity contribution is -0.116. The number of halogens is 2. The summed E-state index contributed by atoms with van der Waals surface area (Å²) in [5.74, 6) is 1.63. The van der Waals surface area contributed by atoms with Crippen LogP contribution in [-0.2, 0) is 4.79 Å². The largest absolute Gasteiger partial charge is 0.497 e. The van der Waals surface area contributed by atoms with Crippen molar-refractivity contribution in [3.8, 4) is 23.0 Å². The number of nitrogens with zero attached hydrogens (tertiary/aromatic N) is 1. The van der Waals surface area contributed by atoms with Gasteiger partial charge < -0.3 is 19.2 Å². The van der Waals surface area contributed by atoms with Crippen molar-refractivity contribution >= 4 is 45.9 Å². The second kappa shape index (κ2) is 9.94. The summed E-state index contributed by atoms with van der Waals surface area (Å²) in [5, 5.41) is 3.86. The van der Waals surface area contributed by atoms with Crippen molar-refractivity contribution in [2.75, 3.05) is 19.0 Å². The number of carbonyl (C=O) groups excluding carboxylic acids is 1. The standard InChI is InChI=1S/C24H20Cl2N2O4/c1-30-18-5-2-4-15(12-18)24-28-20-9-8-17(14-22(20)32-24)27-23(29)6-3-11-31-21-10-7-16(25)13-19(21)26/h2,4-5,7-10,12-14H,3,6,11H2,1H3,(H,27,29). The summed E-state index contributed by atoms with van der Waals surface area (Å²) in [6, 6.07) is 17.9. The Morgan fingerprint density at radius 1 is 1.09 bits per heavy atom. The topological polar surface area (TPSA) is 73.6 Å². The Morgan fingerprint density at radius 2 is 1.97 bits per heavy atom. The normalized spacial score (nSPS) is 10.8. The second-order valence-corrected chi connectivity index (χ2v) is 7.85. The highest BCUT2D eigenvalue weighted by atomic mass is 35.5. The molecule has 6 nitrogen and oxygen atoms in total. The molecule has 0 radical (unpaired) electrons. The number of benzene rings is 3. The molecule has 164 valence electrons. The Bertz CT molecular complexity index is 1260. The average molecular weight is 471 g/mol. The number of hydrogen-bond donors (Lipinski definition) is 1. The second-order valence-electron chi connectivity index (χ2n) is 7.01. The summed E-state index contributed by atoms with van der Waals surface area (Å²) in [6.45, 7) is 0.361. The third-order valence-corrected chi connectivity index (χ3v) is 5.22. The Labute approximate surface area is 195 Å². The molecular formula is C24H20Cl2N2O4. The lowest BCUT2D eigenvalue weighted by Gasteiger charge is -2.08. The number of ether oxygens (including phenoxy) is 2. The molecule has 0 saturated heterocycles. The van der Waals surface area contributed by atoms with Crippen molar-refractivity contribution in [1.29, 1.82) is 0 Å². The van der Waals surface area contributed by atoms with Crippen molar-refractivity contribution in [3.63, 3.8) is 0 Å². The predicted octanol–water partition coefficient (Wildman–Crippen LogP) is 6.61. The quantitative estimate of drug-likeness (QED) is 0.293. The van der Waals surface area contributed by atoms with Gasteiger partial charge in [0.15, 0.2) is 5.58 Å². The van der Waals surface area contributed by atoms with Crippen LogP contribution >= 0.6 is 23.2 Å². The van der Waals surface area contributed by atoms with Gasteiger partial charge in [0.1, 0.15) is 17.0 Å². The number of anilines is 1. The number of oxazole rings is 1. The molecule has 0 aliphatic carbocycles. The van der Waals surface area contributed by atoms with E-state index in [1.807, 2.05) is 30.3 Å². The maximum atomic E-state index is 12.3. The molecule has 0 aliphatic heterocycles. The first-order valence-corrected chi connectivity index (χ1v) is 10.7. The molecule has 0 unspecified atom stereocenters. The van der Waals surface area contributed by atoms with Crippen LogP contribution in [0, 0.1) is 0 Å². The minimum atomic E-state index is -0.123. The first-order valence-electron chi connectivity index (χ1n) is 9.94. The van der Waals surface area contributed by atoms with E-state index in [1.54, 1.807) is 37.4 Å². The minimum absolute atomic E-state index is 0.123. The third-order valence-electron chi connectivity index (χ3n) is 4.69. The van der Waals surface area contributed by atoms with Gasteiger partial charge in [0.2, 0.25) is 11.8 Å². The van der Waals surface area contributed by atoms with E-state index >= 15 is 0 Å². The lowest BCUT2D eigenvalue weighted by atomic mass is 10.2. The van der Waals surface area contributed by atoms with Gasteiger partial charge in [0.05, 0.1) is 18.7 Å². The highest BCUT2D eigenvalue weighted by Crippen LogP contribution is 2.29. The van der Waals surface area contributed by atoms with Crippen LogP contribution in [0.15, 0.2) is 65.1 Å². The summed E-state index contributed by atoms with van der Waals surface area (Å²) >= 11 is 11.9. The number of rotatable bonds is 8. The zero-order chi connectivity index (χ0) is 22.5. The zero-order valence-electron chi connectivity index (χ0n) is 17.2. The van der Waals surface area contributed by atoms with E-state index in [0.29, 0.717) is 57.9 Å². The van der Waals surface area contributed by atoms with Crippen molar-refractivity contribution in [2.24, 2.45) is 0 Å². The van der Waals surface area contributed by atoms with Crippen LogP contribution < -0.4 is 14.8 Å². The van der Waals surface area contributed by atoms with Crippen LogP contribution in [0.25, 0.3) is 22.6 Å². The van der Waals surface area contributed by atoms with Crippen LogP contribution in [-0.4, -0.2) is 24.6 Å². The van der Waals surface area contributed by atoms with Crippen molar-refractivity contribution < 1.29 is 18.7 Å². The molecule has 32 heavy (non-hydrogen) atoms. The van der Waals surface area contributed by atoms with Crippen LogP contribution in [0.5, 0.6) is 11.5 Å². The molecule has 0 fully saturated rings. The predicted molar refractivity (Wildman–Crippen MR) is 126 cm³/mol. The van der Waals surface area contributed by atoms with Gasteiger partial charge in [-0.3, -0.25) is 4.79 Å². The van der Waals surface area contributed by atoms with Gasteiger partial charge in [0, 0.05) is 28.8 Å². The van der Waals surface area contributed by atoms with Crippen LogP contribution in [0.3, 0.4) is 0 Å². The molecular weight excluding hydrogens is 451 g/mol. The SMILES string of the molecule is COc1cccc(-c2nc3ccc(NC(=O)CCCOc4ccc(Cl)cc4Cl)cc3o2)c1. The Hall–Kier alpha value is -3.22. The molecule has 1 heterocycles. The number of hydrogen-bond acceptors (Lipinski definition) is 5. The third kappa shape index (κ3) is 5.33. The maximum absolute atomic E-state index is 12.3. The van der Waals surface area contributed by atoms with Crippen molar-refractivity contribution in [1.82, 2.24) is 4.98 Å². The van der Waals surface area contributed by atoms with E-state index in [-0.39, 0.29) is 5.91 Å². The molecule has 0 atom stereocenters. The minimum Gasteiger partial charge on any atom is -0.497 e. The van der Waals surface area contributed by atoms with Gasteiger partial charge in [-0.05, 0) is 55.0 Å². The van der Waals surface area contributed by atoms with E-state index in [1.165, 1.54) is 0 Å². The molecule has 8 heteroatoms. The van der Waals surface area contributed by atoms with Crippen LogP contribution in [0.1, 0.15) is 12.8 Å². The van der Waals surface area contributed by atoms with Crippen LogP contribution in [0.4, 0.5) is 5.69 Å². The number of methoxy groups -OCH3 is 1. The fourth-order valence-electron chi connectivity index (χ4n) is 3.11. The lowest BCUT2D eigenvalue weighted by Crippen LogP contribution is -2.12. The summed E-state index contributed by atoms with van der Waals surface area (Å²) < 4.78 is 16.7. The highest BCUT2D eigenvalue weighted by molar-refractivity contribution is 6.35. The number of nitrogens with one attached hydrogen (secondary N) is 1.